The molecule has 0 radical (unpaired) electrons. The standard InChI is InChI=1S/C13H12ClN3O3/c1-7-11(8(2)20-17-7)13(19)16-15-12(18)9-5-3-4-6-10(9)14/h3-6H,1-2H3,(H,15,18)(H,16,19). The molecule has 2 aromatic rings. The van der Waals surface area contributed by atoms with Gasteiger partial charge in [-0.15, -0.1) is 0 Å². The molecule has 0 aliphatic rings. The number of nitrogens with zero attached hydrogens (tertiary/aromatic N) is 1. The first-order chi connectivity index (χ1) is 9.50. The summed E-state index contributed by atoms with van der Waals surface area (Å²) in [5.74, 6) is -0.621. The van der Waals surface area contributed by atoms with Gasteiger partial charge >= 0.3 is 0 Å². The maximum absolute atomic E-state index is 11.9. The summed E-state index contributed by atoms with van der Waals surface area (Å²) < 4.78 is 4.88. The fourth-order valence-corrected chi connectivity index (χ4v) is 1.92. The van der Waals surface area contributed by atoms with E-state index in [0.717, 1.165) is 0 Å². The number of amides is 2. The summed E-state index contributed by atoms with van der Waals surface area (Å²) in [7, 11) is 0. The van der Waals surface area contributed by atoms with E-state index in [-0.39, 0.29) is 5.56 Å². The van der Waals surface area contributed by atoms with Crippen molar-refractivity contribution in [3.05, 3.63) is 51.9 Å². The molecule has 1 aromatic carbocycles. The van der Waals surface area contributed by atoms with Crippen molar-refractivity contribution in [2.75, 3.05) is 0 Å². The van der Waals surface area contributed by atoms with Gasteiger partial charge in [0.1, 0.15) is 11.3 Å². The van der Waals surface area contributed by atoms with Crippen LogP contribution in [0.2, 0.25) is 5.02 Å². The number of benzene rings is 1. The highest BCUT2D eigenvalue weighted by molar-refractivity contribution is 6.33. The van der Waals surface area contributed by atoms with E-state index in [1.807, 2.05) is 0 Å². The van der Waals surface area contributed by atoms with Gasteiger partial charge in [-0.1, -0.05) is 28.9 Å². The Labute approximate surface area is 120 Å². The second-order valence-electron chi connectivity index (χ2n) is 4.09. The third-order valence-electron chi connectivity index (χ3n) is 2.67. The lowest BCUT2D eigenvalue weighted by Crippen LogP contribution is -2.42. The summed E-state index contributed by atoms with van der Waals surface area (Å²) in [5, 5.41) is 3.97. The number of hydrazine groups is 1. The molecule has 104 valence electrons. The average Bonchev–Trinajstić information content (AvgIpc) is 2.76. The number of halogens is 1. The number of carbonyl (C=O) groups is 2. The van der Waals surface area contributed by atoms with Gasteiger partial charge in [0.15, 0.2) is 0 Å². The molecule has 0 saturated heterocycles. The van der Waals surface area contributed by atoms with Crippen molar-refractivity contribution in [1.82, 2.24) is 16.0 Å². The molecule has 0 bridgehead atoms. The molecule has 0 aliphatic carbocycles. The predicted octanol–water partition coefficient (Wildman–Crippen LogP) is 2.02. The molecule has 0 atom stereocenters. The van der Waals surface area contributed by atoms with Crippen molar-refractivity contribution in [3.8, 4) is 0 Å². The summed E-state index contributed by atoms with van der Waals surface area (Å²) in [5.41, 5.74) is 5.60. The molecular weight excluding hydrogens is 282 g/mol. The van der Waals surface area contributed by atoms with E-state index >= 15 is 0 Å². The number of aromatic nitrogens is 1. The Morgan fingerprint density at radius 2 is 1.80 bits per heavy atom. The van der Waals surface area contributed by atoms with Crippen LogP contribution in [-0.2, 0) is 0 Å². The van der Waals surface area contributed by atoms with Crippen LogP contribution in [0.15, 0.2) is 28.8 Å². The first kappa shape index (κ1) is 14.1. The molecule has 0 aliphatic heterocycles. The molecule has 6 nitrogen and oxygen atoms in total. The number of hydrogen-bond donors (Lipinski definition) is 2. The van der Waals surface area contributed by atoms with Crippen LogP contribution in [0, 0.1) is 13.8 Å². The molecule has 1 heterocycles. The van der Waals surface area contributed by atoms with E-state index in [9.17, 15) is 9.59 Å². The highest BCUT2D eigenvalue weighted by atomic mass is 35.5. The molecule has 0 fully saturated rings. The van der Waals surface area contributed by atoms with Gasteiger partial charge in [0.25, 0.3) is 11.8 Å². The Hall–Kier alpha value is -2.34. The van der Waals surface area contributed by atoms with Gasteiger partial charge in [0.05, 0.1) is 16.3 Å². The van der Waals surface area contributed by atoms with Crippen LogP contribution in [0.25, 0.3) is 0 Å². The number of hydrogen-bond acceptors (Lipinski definition) is 4. The maximum atomic E-state index is 11.9. The Bertz CT molecular complexity index is 647. The van der Waals surface area contributed by atoms with Crippen LogP contribution in [0.1, 0.15) is 32.2 Å². The number of carbonyl (C=O) groups excluding carboxylic acids is 2. The summed E-state index contributed by atoms with van der Waals surface area (Å²) in [6, 6.07) is 6.53. The minimum Gasteiger partial charge on any atom is -0.361 e. The summed E-state index contributed by atoms with van der Waals surface area (Å²) in [6.45, 7) is 3.26. The quantitative estimate of drug-likeness (QED) is 0.830. The first-order valence-electron chi connectivity index (χ1n) is 5.78. The predicted molar refractivity (Wildman–Crippen MR) is 72.4 cm³/mol. The lowest BCUT2D eigenvalue weighted by atomic mass is 10.2. The van der Waals surface area contributed by atoms with Crippen LogP contribution in [0.5, 0.6) is 0 Å². The zero-order valence-corrected chi connectivity index (χ0v) is 11.6. The maximum Gasteiger partial charge on any atom is 0.275 e. The number of nitrogens with one attached hydrogen (secondary N) is 2. The van der Waals surface area contributed by atoms with Gasteiger partial charge in [-0.2, -0.15) is 0 Å². The van der Waals surface area contributed by atoms with Crippen molar-refractivity contribution < 1.29 is 14.1 Å². The van der Waals surface area contributed by atoms with Gasteiger partial charge in [0, 0.05) is 0 Å². The smallest absolute Gasteiger partial charge is 0.275 e. The Morgan fingerprint density at radius 1 is 1.15 bits per heavy atom. The molecule has 1 aromatic heterocycles. The number of aryl methyl sites for hydroxylation is 2. The van der Waals surface area contributed by atoms with Gasteiger partial charge in [-0.25, -0.2) is 0 Å². The van der Waals surface area contributed by atoms with E-state index in [1.54, 1.807) is 38.1 Å². The van der Waals surface area contributed by atoms with Crippen molar-refractivity contribution in [3.63, 3.8) is 0 Å². The van der Waals surface area contributed by atoms with Gasteiger partial charge in [0.2, 0.25) is 0 Å². The zero-order valence-electron chi connectivity index (χ0n) is 10.9. The minimum atomic E-state index is -0.504. The first-order valence-corrected chi connectivity index (χ1v) is 6.16. The molecular formula is C13H12ClN3O3. The normalized spacial score (nSPS) is 10.2. The molecule has 7 heteroatoms. The SMILES string of the molecule is Cc1noc(C)c1C(=O)NNC(=O)c1ccccc1Cl. The average molecular weight is 294 g/mol. The number of rotatable bonds is 2. The van der Waals surface area contributed by atoms with E-state index < -0.39 is 11.8 Å². The molecule has 0 saturated carbocycles. The Morgan fingerprint density at radius 3 is 2.40 bits per heavy atom. The van der Waals surface area contributed by atoms with Crippen molar-refractivity contribution in [2.45, 2.75) is 13.8 Å². The monoisotopic (exact) mass is 293 g/mol. The highest BCUT2D eigenvalue weighted by Crippen LogP contribution is 2.14. The summed E-state index contributed by atoms with van der Waals surface area (Å²) >= 11 is 5.89. The Kier molecular flexibility index (Phi) is 4.05. The van der Waals surface area contributed by atoms with Crippen LogP contribution >= 0.6 is 11.6 Å². The van der Waals surface area contributed by atoms with Crippen LogP contribution in [-0.4, -0.2) is 17.0 Å². The van der Waals surface area contributed by atoms with Crippen molar-refractivity contribution in [2.24, 2.45) is 0 Å². The minimum absolute atomic E-state index is 0.272. The summed E-state index contributed by atoms with van der Waals surface area (Å²) in [6.07, 6.45) is 0. The van der Waals surface area contributed by atoms with E-state index in [4.69, 9.17) is 16.1 Å². The van der Waals surface area contributed by atoms with E-state index in [2.05, 4.69) is 16.0 Å². The second kappa shape index (κ2) is 5.75. The van der Waals surface area contributed by atoms with Crippen LogP contribution in [0.4, 0.5) is 0 Å². The van der Waals surface area contributed by atoms with E-state index in [0.29, 0.717) is 22.0 Å². The highest BCUT2D eigenvalue weighted by Gasteiger charge is 2.18. The molecule has 0 spiro atoms. The molecule has 2 amide bonds. The zero-order chi connectivity index (χ0) is 14.7. The fourth-order valence-electron chi connectivity index (χ4n) is 1.70. The fraction of sp³-hybridized carbons (Fsp3) is 0.154. The van der Waals surface area contributed by atoms with Gasteiger partial charge in [-0.05, 0) is 26.0 Å². The molecule has 2 rings (SSSR count). The second-order valence-corrected chi connectivity index (χ2v) is 4.49. The van der Waals surface area contributed by atoms with Crippen molar-refractivity contribution >= 4 is 23.4 Å². The molecule has 20 heavy (non-hydrogen) atoms. The third kappa shape index (κ3) is 2.80. The molecule has 2 N–H and O–H groups in total. The third-order valence-corrected chi connectivity index (χ3v) is 3.00. The van der Waals surface area contributed by atoms with Gasteiger partial charge < -0.3 is 4.52 Å². The summed E-state index contributed by atoms with van der Waals surface area (Å²) in [4.78, 5) is 23.8. The van der Waals surface area contributed by atoms with Crippen molar-refractivity contribution in [1.29, 1.82) is 0 Å². The molecule has 0 unspecified atom stereocenters. The van der Waals surface area contributed by atoms with Crippen LogP contribution in [0.3, 0.4) is 0 Å². The van der Waals surface area contributed by atoms with Gasteiger partial charge in [-0.3, -0.25) is 20.4 Å². The lowest BCUT2D eigenvalue weighted by molar-refractivity contribution is 0.0845. The lowest BCUT2D eigenvalue weighted by Gasteiger charge is -2.08. The van der Waals surface area contributed by atoms with E-state index in [1.165, 1.54) is 0 Å². The Balaban J connectivity index is 2.05. The largest absolute Gasteiger partial charge is 0.361 e. The topological polar surface area (TPSA) is 84.2 Å². The van der Waals surface area contributed by atoms with Crippen LogP contribution < -0.4 is 10.9 Å².